The summed E-state index contributed by atoms with van der Waals surface area (Å²) in [4.78, 5) is 19.2. The highest BCUT2D eigenvalue weighted by Gasteiger charge is 2.33. The summed E-state index contributed by atoms with van der Waals surface area (Å²) >= 11 is 0. The molecule has 8 nitrogen and oxygen atoms in total. The van der Waals surface area contributed by atoms with E-state index in [1.807, 2.05) is 11.0 Å². The van der Waals surface area contributed by atoms with E-state index in [-0.39, 0.29) is 24.1 Å². The molecule has 2 aliphatic heterocycles. The molecule has 2 aromatic carbocycles. The lowest BCUT2D eigenvalue weighted by atomic mass is 9.99. The summed E-state index contributed by atoms with van der Waals surface area (Å²) in [6.45, 7) is 2.08. The van der Waals surface area contributed by atoms with Crippen LogP contribution >= 0.6 is 0 Å². The number of carbonyl (C=O) groups is 1. The number of carbonyl (C=O) groups excluding carboxylic acids is 1. The van der Waals surface area contributed by atoms with Gasteiger partial charge in [-0.3, -0.25) is 20.1 Å². The summed E-state index contributed by atoms with van der Waals surface area (Å²) in [6, 6.07) is 12.1. The average Bonchev–Trinajstić information content (AvgIpc) is 2.90. The molecule has 5 rings (SSSR count). The number of rotatable bonds is 6. The van der Waals surface area contributed by atoms with Crippen molar-refractivity contribution in [1.29, 1.82) is 5.41 Å². The maximum atomic E-state index is 13.5. The average molecular weight is 508 g/mol. The van der Waals surface area contributed by atoms with Crippen molar-refractivity contribution in [3.05, 3.63) is 66.0 Å². The smallest absolute Gasteiger partial charge is 0.274 e. The summed E-state index contributed by atoms with van der Waals surface area (Å²) in [5, 5.41) is 11.2. The van der Waals surface area contributed by atoms with Crippen LogP contribution in [0.5, 0.6) is 11.5 Å². The molecule has 10 heteroatoms. The number of ether oxygens (including phenoxy) is 2. The first-order valence-corrected chi connectivity index (χ1v) is 12.0. The summed E-state index contributed by atoms with van der Waals surface area (Å²) in [6.07, 6.45) is 3.12. The van der Waals surface area contributed by atoms with Gasteiger partial charge in [0.15, 0.2) is 11.5 Å². The number of hydrogen-bond acceptors (Lipinski definition) is 7. The number of nitrogens with two attached hydrogens (primary N) is 1. The molecule has 0 spiro atoms. The van der Waals surface area contributed by atoms with Gasteiger partial charge in [0.05, 0.1) is 0 Å². The monoisotopic (exact) mass is 507 g/mol. The minimum atomic E-state index is -2.59. The molecule has 0 aliphatic carbocycles. The molecule has 1 amide bonds. The Bertz CT molecular complexity index is 1340. The van der Waals surface area contributed by atoms with Crippen molar-refractivity contribution in [1.82, 2.24) is 9.88 Å². The van der Waals surface area contributed by atoms with Crippen molar-refractivity contribution in [3.8, 4) is 22.6 Å². The Morgan fingerprint density at radius 3 is 2.57 bits per heavy atom. The predicted molar refractivity (Wildman–Crippen MR) is 136 cm³/mol. The Balaban J connectivity index is 1.30. The molecule has 3 heterocycles. The maximum absolute atomic E-state index is 13.5. The number of pyridine rings is 1. The number of hydrogen-bond donors (Lipinski definition) is 3. The Hall–Kier alpha value is -4.05. The van der Waals surface area contributed by atoms with Gasteiger partial charge in [-0.05, 0) is 41.5 Å². The van der Waals surface area contributed by atoms with Crippen LogP contribution in [0.1, 0.15) is 24.0 Å². The van der Waals surface area contributed by atoms with Gasteiger partial charge >= 0.3 is 0 Å². The molecular formula is C27H27F2N5O3. The first kappa shape index (κ1) is 24.6. The molecule has 0 saturated carbocycles. The van der Waals surface area contributed by atoms with Crippen molar-refractivity contribution in [2.45, 2.75) is 25.3 Å². The molecule has 192 valence electrons. The highest BCUT2D eigenvalue weighted by Crippen LogP contribution is 2.33. The number of likely N-dealkylation sites (tertiary alicyclic amines) is 1. The minimum Gasteiger partial charge on any atom is -0.486 e. The van der Waals surface area contributed by atoms with Crippen molar-refractivity contribution in [3.63, 3.8) is 0 Å². The Labute approximate surface area is 212 Å². The van der Waals surface area contributed by atoms with Crippen molar-refractivity contribution >= 4 is 23.0 Å². The molecule has 0 radical (unpaired) electrons. The number of nitrogens with zero attached hydrogens (tertiary/aromatic N) is 2. The zero-order chi connectivity index (χ0) is 26.0. The number of amides is 1. The van der Waals surface area contributed by atoms with Gasteiger partial charge in [0.25, 0.3) is 11.8 Å². The van der Waals surface area contributed by atoms with Gasteiger partial charge in [0.1, 0.15) is 18.9 Å². The van der Waals surface area contributed by atoms with Crippen LogP contribution in [0.2, 0.25) is 0 Å². The zero-order valence-electron chi connectivity index (χ0n) is 20.1. The molecule has 0 unspecified atom stereocenters. The van der Waals surface area contributed by atoms with Crippen molar-refractivity contribution < 1.29 is 23.0 Å². The van der Waals surface area contributed by atoms with Crippen LogP contribution in [0.25, 0.3) is 11.1 Å². The van der Waals surface area contributed by atoms with E-state index in [1.54, 1.807) is 48.8 Å². The van der Waals surface area contributed by atoms with E-state index in [4.69, 9.17) is 20.6 Å². The highest BCUT2D eigenvalue weighted by atomic mass is 19.3. The number of benzene rings is 2. The first-order chi connectivity index (χ1) is 17.8. The third kappa shape index (κ3) is 5.69. The third-order valence-corrected chi connectivity index (χ3v) is 6.47. The second-order valence-electron chi connectivity index (χ2n) is 9.20. The first-order valence-electron chi connectivity index (χ1n) is 12.0. The quantitative estimate of drug-likeness (QED) is 0.338. The second kappa shape index (κ2) is 10.1. The molecule has 3 aromatic rings. The van der Waals surface area contributed by atoms with Crippen LogP contribution in [0.15, 0.2) is 54.9 Å². The number of piperidine rings is 1. The predicted octanol–water partition coefficient (Wildman–Crippen LogP) is 4.34. The van der Waals surface area contributed by atoms with Gasteiger partial charge in [0.2, 0.25) is 0 Å². The Morgan fingerprint density at radius 1 is 1.03 bits per heavy atom. The van der Waals surface area contributed by atoms with E-state index in [9.17, 15) is 13.6 Å². The van der Waals surface area contributed by atoms with Crippen LogP contribution in [-0.2, 0) is 11.3 Å². The molecule has 1 aromatic heterocycles. The van der Waals surface area contributed by atoms with Crippen LogP contribution in [0, 0.1) is 5.41 Å². The molecular weight excluding hydrogens is 480 g/mol. The van der Waals surface area contributed by atoms with Crippen molar-refractivity contribution in [2.24, 2.45) is 0 Å². The van der Waals surface area contributed by atoms with Gasteiger partial charge in [-0.25, -0.2) is 8.78 Å². The zero-order valence-corrected chi connectivity index (χ0v) is 20.1. The molecule has 4 N–H and O–H groups in total. The fraction of sp³-hybridized carbons (Fsp3) is 0.296. The fourth-order valence-electron chi connectivity index (χ4n) is 4.42. The lowest BCUT2D eigenvalue weighted by Gasteiger charge is -2.31. The van der Waals surface area contributed by atoms with Gasteiger partial charge in [0, 0.05) is 73.4 Å². The van der Waals surface area contributed by atoms with E-state index < -0.39 is 11.8 Å². The van der Waals surface area contributed by atoms with Gasteiger partial charge in [-0.1, -0.05) is 6.07 Å². The minimum absolute atomic E-state index is 0.141. The summed E-state index contributed by atoms with van der Waals surface area (Å²) in [5.74, 6) is -2.07. The molecule has 0 atom stereocenters. The van der Waals surface area contributed by atoms with E-state index >= 15 is 0 Å². The van der Waals surface area contributed by atoms with Gasteiger partial charge in [-0.15, -0.1) is 0 Å². The molecule has 37 heavy (non-hydrogen) atoms. The number of aromatic nitrogens is 1. The number of nitrogens with one attached hydrogen (secondary N) is 2. The van der Waals surface area contributed by atoms with Gasteiger partial charge < -0.3 is 20.5 Å². The SMILES string of the molecule is N=C(C(=O)Nc1ccc2c(c1)OCCO2)c1cc(-c2cncc(CN3CCC(F)(F)CC3)c2)ccc1N. The van der Waals surface area contributed by atoms with E-state index in [0.717, 1.165) is 16.7 Å². The summed E-state index contributed by atoms with van der Waals surface area (Å²) < 4.78 is 38.0. The lowest BCUT2D eigenvalue weighted by molar-refractivity contribution is -0.110. The largest absolute Gasteiger partial charge is 0.486 e. The molecule has 2 aliphatic rings. The fourth-order valence-corrected chi connectivity index (χ4v) is 4.42. The standard InChI is InChI=1S/C27H27F2N5O3/c28-27(29)5-7-34(8-6-27)16-17-11-19(15-32-14-17)18-1-3-22(30)21(12-18)25(31)26(35)33-20-2-4-23-24(13-20)37-10-9-36-23/h1-4,11-15,31H,5-10,16,30H2,(H,33,35). The van der Waals surface area contributed by atoms with E-state index in [0.29, 0.717) is 55.7 Å². The number of halogens is 2. The topological polar surface area (TPSA) is 114 Å². The van der Waals surface area contributed by atoms with E-state index in [1.165, 1.54) is 0 Å². The van der Waals surface area contributed by atoms with Crippen LogP contribution in [0.3, 0.4) is 0 Å². The summed E-state index contributed by atoms with van der Waals surface area (Å²) in [5.41, 5.74) is 9.31. The number of alkyl halides is 2. The Kier molecular flexibility index (Phi) is 6.75. The molecule has 0 bridgehead atoms. The molecule has 1 fully saturated rings. The number of fused-ring (bicyclic) bond motifs is 1. The highest BCUT2D eigenvalue weighted by molar-refractivity contribution is 6.48. The van der Waals surface area contributed by atoms with Crippen molar-refractivity contribution in [2.75, 3.05) is 37.4 Å². The normalized spacial score (nSPS) is 16.7. The van der Waals surface area contributed by atoms with Crippen LogP contribution in [-0.4, -0.2) is 53.7 Å². The maximum Gasteiger partial charge on any atom is 0.274 e. The van der Waals surface area contributed by atoms with Crippen LogP contribution < -0.4 is 20.5 Å². The number of anilines is 2. The lowest BCUT2D eigenvalue weighted by Crippen LogP contribution is -2.38. The van der Waals surface area contributed by atoms with Gasteiger partial charge in [-0.2, -0.15) is 0 Å². The molecule has 1 saturated heterocycles. The number of nitrogen functional groups attached to an aromatic ring is 1. The van der Waals surface area contributed by atoms with Crippen LogP contribution in [0.4, 0.5) is 20.2 Å². The summed E-state index contributed by atoms with van der Waals surface area (Å²) in [7, 11) is 0. The second-order valence-corrected chi connectivity index (χ2v) is 9.20. The third-order valence-electron chi connectivity index (χ3n) is 6.47. The van der Waals surface area contributed by atoms with E-state index in [2.05, 4.69) is 10.3 Å². The Morgan fingerprint density at radius 2 is 1.78 bits per heavy atom.